The minimum Gasteiger partial charge on any atom is -0.304 e. The number of nitrogens with zero attached hydrogens (tertiary/aromatic N) is 3. The van der Waals surface area contributed by atoms with E-state index >= 15 is 0 Å². The lowest BCUT2D eigenvalue weighted by atomic mass is 10.1. The molecule has 1 heterocycles. The summed E-state index contributed by atoms with van der Waals surface area (Å²) in [5, 5.41) is 0. The lowest BCUT2D eigenvalue weighted by Gasteiger charge is -2.33. The Morgan fingerprint density at radius 2 is 1.82 bits per heavy atom. The zero-order chi connectivity index (χ0) is 12.7. The maximum Gasteiger partial charge on any atom is 0.0110 e. The molecule has 17 heavy (non-hydrogen) atoms. The zero-order valence-corrected chi connectivity index (χ0v) is 12.3. The van der Waals surface area contributed by atoms with Gasteiger partial charge in [-0.1, -0.05) is 13.3 Å². The van der Waals surface area contributed by atoms with Crippen LogP contribution < -0.4 is 0 Å². The van der Waals surface area contributed by atoms with Gasteiger partial charge in [0.25, 0.3) is 0 Å². The van der Waals surface area contributed by atoms with Gasteiger partial charge >= 0.3 is 0 Å². The van der Waals surface area contributed by atoms with E-state index < -0.39 is 0 Å². The van der Waals surface area contributed by atoms with E-state index in [1.807, 2.05) is 0 Å². The molecule has 0 saturated carbocycles. The van der Waals surface area contributed by atoms with Crippen LogP contribution in [0.4, 0.5) is 0 Å². The van der Waals surface area contributed by atoms with Crippen LogP contribution in [0, 0.1) is 0 Å². The normalized spacial score (nSPS) is 21.0. The van der Waals surface area contributed by atoms with Crippen LogP contribution in [0.15, 0.2) is 0 Å². The molecule has 0 aromatic rings. The van der Waals surface area contributed by atoms with Gasteiger partial charge in [0.15, 0.2) is 0 Å². The first-order valence-electron chi connectivity index (χ1n) is 7.24. The molecular formula is C14H31N3. The summed E-state index contributed by atoms with van der Waals surface area (Å²) in [6.07, 6.45) is 3.93. The number of rotatable bonds is 7. The van der Waals surface area contributed by atoms with E-state index in [9.17, 15) is 0 Å². The second-order valence-electron chi connectivity index (χ2n) is 5.62. The molecule has 1 rings (SSSR count). The van der Waals surface area contributed by atoms with Gasteiger partial charge in [0, 0.05) is 32.2 Å². The quantitative estimate of drug-likeness (QED) is 0.672. The largest absolute Gasteiger partial charge is 0.304 e. The van der Waals surface area contributed by atoms with Gasteiger partial charge in [-0.15, -0.1) is 0 Å². The van der Waals surface area contributed by atoms with Crippen molar-refractivity contribution in [2.45, 2.75) is 39.2 Å². The first-order valence-corrected chi connectivity index (χ1v) is 7.24. The molecule has 1 unspecified atom stereocenters. The fourth-order valence-electron chi connectivity index (χ4n) is 2.47. The Labute approximate surface area is 108 Å². The molecular weight excluding hydrogens is 210 g/mol. The molecule has 1 fully saturated rings. The smallest absolute Gasteiger partial charge is 0.0110 e. The maximum absolute atomic E-state index is 2.61. The second-order valence-corrected chi connectivity index (χ2v) is 5.62. The fraction of sp³-hybridized carbons (Fsp3) is 1.00. The lowest BCUT2D eigenvalue weighted by Crippen LogP contribution is -2.45. The van der Waals surface area contributed by atoms with Crippen LogP contribution in [-0.2, 0) is 0 Å². The highest BCUT2D eigenvalue weighted by atomic mass is 15.2. The Morgan fingerprint density at radius 1 is 1.18 bits per heavy atom. The molecule has 1 atom stereocenters. The maximum atomic E-state index is 2.61. The number of likely N-dealkylation sites (N-methyl/N-ethyl adjacent to an activating group) is 1. The van der Waals surface area contributed by atoms with Crippen LogP contribution in [-0.4, -0.2) is 74.1 Å². The van der Waals surface area contributed by atoms with Crippen molar-refractivity contribution in [1.29, 1.82) is 0 Å². The van der Waals surface area contributed by atoms with E-state index in [1.54, 1.807) is 0 Å². The van der Waals surface area contributed by atoms with Crippen molar-refractivity contribution in [2.75, 3.05) is 53.4 Å². The molecule has 0 radical (unpaired) electrons. The number of hydrogen-bond donors (Lipinski definition) is 0. The highest BCUT2D eigenvalue weighted by molar-refractivity contribution is 4.70. The van der Waals surface area contributed by atoms with Crippen molar-refractivity contribution < 1.29 is 0 Å². The first kappa shape index (κ1) is 14.9. The van der Waals surface area contributed by atoms with Gasteiger partial charge in [0.05, 0.1) is 0 Å². The Bertz CT molecular complexity index is 186. The van der Waals surface area contributed by atoms with Crippen LogP contribution in [0.25, 0.3) is 0 Å². The van der Waals surface area contributed by atoms with Gasteiger partial charge in [-0.3, -0.25) is 0 Å². The molecule has 1 aliphatic heterocycles. The summed E-state index contributed by atoms with van der Waals surface area (Å²) in [7, 11) is 4.49. The molecule has 102 valence electrons. The first-order chi connectivity index (χ1) is 8.13. The molecule has 0 N–H and O–H groups in total. The van der Waals surface area contributed by atoms with E-state index in [0.717, 1.165) is 6.04 Å². The summed E-state index contributed by atoms with van der Waals surface area (Å²) in [5.74, 6) is 0. The molecule has 1 saturated heterocycles. The molecule has 0 aliphatic carbocycles. The van der Waals surface area contributed by atoms with Crippen molar-refractivity contribution in [3.63, 3.8) is 0 Å². The predicted molar refractivity (Wildman–Crippen MR) is 75.6 cm³/mol. The van der Waals surface area contributed by atoms with Gasteiger partial charge in [-0.25, -0.2) is 0 Å². The minimum absolute atomic E-state index is 0.743. The Hall–Kier alpha value is -0.120. The van der Waals surface area contributed by atoms with Crippen LogP contribution in [0.1, 0.15) is 33.1 Å². The standard InChI is InChI=1S/C14H31N3/c1-5-7-14(2)16(4)8-6-9-17-12-10-15(3)11-13-17/h14H,5-13H2,1-4H3. The monoisotopic (exact) mass is 241 g/mol. The van der Waals surface area contributed by atoms with Gasteiger partial charge in [-0.2, -0.15) is 0 Å². The summed E-state index contributed by atoms with van der Waals surface area (Å²) < 4.78 is 0. The van der Waals surface area contributed by atoms with E-state index in [0.29, 0.717) is 0 Å². The van der Waals surface area contributed by atoms with Crippen molar-refractivity contribution >= 4 is 0 Å². The van der Waals surface area contributed by atoms with Crippen molar-refractivity contribution in [3.05, 3.63) is 0 Å². The molecule has 1 aliphatic rings. The SMILES string of the molecule is CCCC(C)N(C)CCCN1CCN(C)CC1. The van der Waals surface area contributed by atoms with Gasteiger partial charge in [0.2, 0.25) is 0 Å². The molecule has 3 nitrogen and oxygen atoms in total. The van der Waals surface area contributed by atoms with E-state index in [1.165, 1.54) is 58.5 Å². The molecule has 0 spiro atoms. The fourth-order valence-corrected chi connectivity index (χ4v) is 2.47. The highest BCUT2D eigenvalue weighted by Crippen LogP contribution is 2.05. The Balaban J connectivity index is 2.06. The summed E-state index contributed by atoms with van der Waals surface area (Å²) in [6, 6.07) is 0.743. The van der Waals surface area contributed by atoms with Crippen LogP contribution in [0.5, 0.6) is 0 Å². The van der Waals surface area contributed by atoms with E-state index in [2.05, 4.69) is 42.6 Å². The van der Waals surface area contributed by atoms with Crippen molar-refractivity contribution in [1.82, 2.24) is 14.7 Å². The molecule has 3 heteroatoms. The average Bonchev–Trinajstić information content (AvgIpc) is 2.32. The highest BCUT2D eigenvalue weighted by Gasteiger charge is 2.13. The molecule has 0 amide bonds. The lowest BCUT2D eigenvalue weighted by molar-refractivity contribution is 0.144. The minimum atomic E-state index is 0.743. The van der Waals surface area contributed by atoms with Crippen LogP contribution >= 0.6 is 0 Å². The average molecular weight is 241 g/mol. The third-order valence-electron chi connectivity index (χ3n) is 4.04. The molecule has 0 aromatic carbocycles. The van der Waals surface area contributed by atoms with Gasteiger partial charge in [-0.05, 0) is 47.0 Å². The van der Waals surface area contributed by atoms with E-state index in [-0.39, 0.29) is 0 Å². The van der Waals surface area contributed by atoms with Crippen molar-refractivity contribution in [3.8, 4) is 0 Å². The summed E-state index contributed by atoms with van der Waals surface area (Å²) in [5.41, 5.74) is 0. The number of piperazine rings is 1. The zero-order valence-electron chi connectivity index (χ0n) is 12.3. The van der Waals surface area contributed by atoms with Crippen molar-refractivity contribution in [2.24, 2.45) is 0 Å². The Kier molecular flexibility index (Phi) is 7.09. The Morgan fingerprint density at radius 3 is 2.41 bits per heavy atom. The van der Waals surface area contributed by atoms with Crippen LogP contribution in [0.2, 0.25) is 0 Å². The second kappa shape index (κ2) is 8.06. The van der Waals surface area contributed by atoms with E-state index in [4.69, 9.17) is 0 Å². The van der Waals surface area contributed by atoms with Crippen LogP contribution in [0.3, 0.4) is 0 Å². The summed E-state index contributed by atoms with van der Waals surface area (Å²) in [6.45, 7) is 12.1. The molecule has 0 aromatic heterocycles. The topological polar surface area (TPSA) is 9.72 Å². The molecule has 0 bridgehead atoms. The summed E-state index contributed by atoms with van der Waals surface area (Å²) in [4.78, 5) is 7.55. The summed E-state index contributed by atoms with van der Waals surface area (Å²) >= 11 is 0. The predicted octanol–water partition coefficient (Wildman–Crippen LogP) is 1.74. The van der Waals surface area contributed by atoms with Gasteiger partial charge < -0.3 is 14.7 Å². The third-order valence-corrected chi connectivity index (χ3v) is 4.04. The third kappa shape index (κ3) is 5.84. The number of hydrogen-bond acceptors (Lipinski definition) is 3. The van der Waals surface area contributed by atoms with Gasteiger partial charge in [0.1, 0.15) is 0 Å².